The number of benzene rings is 1. The summed E-state index contributed by atoms with van der Waals surface area (Å²) < 4.78 is 23.3. The van der Waals surface area contributed by atoms with Crippen molar-refractivity contribution in [3.8, 4) is 0 Å². The van der Waals surface area contributed by atoms with Gasteiger partial charge in [0, 0.05) is 32.2 Å². The molecule has 1 aromatic carbocycles. The van der Waals surface area contributed by atoms with Crippen molar-refractivity contribution in [2.45, 2.75) is 11.7 Å². The van der Waals surface area contributed by atoms with Crippen LogP contribution in [0, 0.1) is 3.57 Å². The van der Waals surface area contributed by atoms with E-state index < -0.39 is 14.3 Å². The average molecular weight is 420 g/mol. The van der Waals surface area contributed by atoms with Crippen molar-refractivity contribution >= 4 is 65.5 Å². The third-order valence-corrected chi connectivity index (χ3v) is 5.66. The van der Waals surface area contributed by atoms with Crippen LogP contribution >= 0.6 is 44.9 Å². The van der Waals surface area contributed by atoms with Crippen LogP contribution in [0.25, 0.3) is 0 Å². The molecule has 0 aliphatic carbocycles. The van der Waals surface area contributed by atoms with Crippen LogP contribution < -0.4 is 4.90 Å². The molecule has 0 radical (unpaired) electrons. The van der Waals surface area contributed by atoms with E-state index in [0.717, 1.165) is 3.57 Å². The molecule has 0 bridgehead atoms. The van der Waals surface area contributed by atoms with E-state index in [2.05, 4.69) is 22.6 Å². The van der Waals surface area contributed by atoms with Gasteiger partial charge in [-0.05, 0) is 40.8 Å². The second-order valence-electron chi connectivity index (χ2n) is 3.90. The van der Waals surface area contributed by atoms with Gasteiger partial charge in [-0.25, -0.2) is 8.42 Å². The number of nitrogens with zero attached hydrogens (tertiary/aromatic N) is 1. The SMILES string of the molecule is O=C1CC(S(=O)(=O)Cl)CN1c1ccc(Cl)cc1I. The highest BCUT2D eigenvalue weighted by atomic mass is 127. The number of halogens is 3. The van der Waals surface area contributed by atoms with E-state index in [0.29, 0.717) is 10.7 Å². The van der Waals surface area contributed by atoms with Gasteiger partial charge >= 0.3 is 0 Å². The molecule has 18 heavy (non-hydrogen) atoms. The fraction of sp³-hybridized carbons (Fsp3) is 0.300. The highest BCUT2D eigenvalue weighted by Crippen LogP contribution is 2.31. The normalized spacial score (nSPS) is 20.5. The largest absolute Gasteiger partial charge is 0.310 e. The molecule has 98 valence electrons. The zero-order valence-corrected chi connectivity index (χ0v) is 13.4. The molecule has 8 heteroatoms. The zero-order chi connectivity index (χ0) is 13.5. The molecular formula is C10H8Cl2INO3S. The molecule has 1 atom stereocenters. The predicted molar refractivity (Wildman–Crippen MR) is 79.7 cm³/mol. The second-order valence-corrected chi connectivity index (χ2v) is 8.41. The van der Waals surface area contributed by atoms with Gasteiger partial charge in [0.05, 0.1) is 5.69 Å². The summed E-state index contributed by atoms with van der Waals surface area (Å²) in [4.78, 5) is 13.3. The highest BCUT2D eigenvalue weighted by molar-refractivity contribution is 14.1. The molecule has 1 aliphatic heterocycles. The summed E-state index contributed by atoms with van der Waals surface area (Å²) in [6.45, 7) is 0.0856. The van der Waals surface area contributed by atoms with Gasteiger partial charge in [0.25, 0.3) is 0 Å². The maximum atomic E-state index is 11.8. The van der Waals surface area contributed by atoms with Gasteiger partial charge in [-0.3, -0.25) is 4.79 Å². The Labute approximate surface area is 128 Å². The summed E-state index contributed by atoms with van der Waals surface area (Å²) in [5.74, 6) is -0.246. The van der Waals surface area contributed by atoms with Crippen molar-refractivity contribution in [3.05, 3.63) is 26.8 Å². The molecule has 0 aromatic heterocycles. The van der Waals surface area contributed by atoms with Crippen molar-refractivity contribution < 1.29 is 13.2 Å². The van der Waals surface area contributed by atoms with Crippen molar-refractivity contribution in [3.63, 3.8) is 0 Å². The fourth-order valence-electron chi connectivity index (χ4n) is 1.80. The van der Waals surface area contributed by atoms with Crippen LogP contribution in [-0.2, 0) is 13.8 Å². The van der Waals surface area contributed by atoms with Crippen LogP contribution in [-0.4, -0.2) is 26.1 Å². The topological polar surface area (TPSA) is 54.5 Å². The summed E-state index contributed by atoms with van der Waals surface area (Å²) in [5.41, 5.74) is 0.660. The monoisotopic (exact) mass is 419 g/mol. The lowest BCUT2D eigenvalue weighted by molar-refractivity contribution is -0.117. The Morgan fingerprint density at radius 2 is 2.06 bits per heavy atom. The van der Waals surface area contributed by atoms with E-state index >= 15 is 0 Å². The van der Waals surface area contributed by atoms with Crippen molar-refractivity contribution in [2.24, 2.45) is 0 Å². The number of hydrogen-bond acceptors (Lipinski definition) is 3. The third kappa shape index (κ3) is 2.92. The van der Waals surface area contributed by atoms with Crippen LogP contribution in [0.5, 0.6) is 0 Å². The lowest BCUT2D eigenvalue weighted by Gasteiger charge is -2.18. The Kier molecular flexibility index (Phi) is 4.10. The van der Waals surface area contributed by atoms with Gasteiger partial charge in [0.1, 0.15) is 5.25 Å². The number of carbonyl (C=O) groups excluding carboxylic acids is 1. The molecule has 0 spiro atoms. The maximum Gasteiger partial charge on any atom is 0.237 e. The van der Waals surface area contributed by atoms with Crippen LogP contribution in [0.2, 0.25) is 5.02 Å². The smallest absolute Gasteiger partial charge is 0.237 e. The third-order valence-electron chi connectivity index (χ3n) is 2.69. The first-order valence-corrected chi connectivity index (χ1v) is 8.81. The summed E-state index contributed by atoms with van der Waals surface area (Å²) >= 11 is 7.89. The van der Waals surface area contributed by atoms with Gasteiger partial charge < -0.3 is 4.90 Å². The molecule has 1 fully saturated rings. The quantitative estimate of drug-likeness (QED) is 0.547. The molecule has 4 nitrogen and oxygen atoms in total. The minimum Gasteiger partial charge on any atom is -0.310 e. The number of rotatable bonds is 2. The number of hydrogen-bond donors (Lipinski definition) is 0. The fourth-order valence-corrected chi connectivity index (χ4v) is 3.99. The minimum atomic E-state index is -3.72. The van der Waals surface area contributed by atoms with Crippen LogP contribution in [0.1, 0.15) is 6.42 Å². The summed E-state index contributed by atoms with van der Waals surface area (Å²) in [7, 11) is 1.58. The van der Waals surface area contributed by atoms with E-state index in [1.54, 1.807) is 18.2 Å². The molecule has 2 rings (SSSR count). The standard InChI is InChI=1S/C10H8Cl2INO3S/c11-6-1-2-9(8(13)3-6)14-5-7(4-10(14)15)18(12,16)17/h1-3,7H,4-5H2. The molecule has 1 aliphatic rings. The number of amides is 1. The summed E-state index contributed by atoms with van der Waals surface area (Å²) in [6.07, 6.45) is -0.0788. The second kappa shape index (κ2) is 5.15. The van der Waals surface area contributed by atoms with Gasteiger partial charge in [0.2, 0.25) is 15.0 Å². The molecule has 1 unspecified atom stereocenters. The van der Waals surface area contributed by atoms with Gasteiger partial charge in [0.15, 0.2) is 0 Å². The Bertz CT molecular complexity index is 605. The van der Waals surface area contributed by atoms with Crippen LogP contribution in [0.4, 0.5) is 5.69 Å². The Hall–Kier alpha value is -0.0500. The molecule has 0 saturated carbocycles. The Morgan fingerprint density at radius 1 is 1.39 bits per heavy atom. The Balaban J connectivity index is 2.33. The molecule has 1 amide bonds. The van der Waals surface area contributed by atoms with Crippen molar-refractivity contribution in [2.75, 3.05) is 11.4 Å². The van der Waals surface area contributed by atoms with Crippen molar-refractivity contribution in [1.82, 2.24) is 0 Å². The summed E-state index contributed by atoms with van der Waals surface area (Å²) in [6, 6.07) is 5.08. The minimum absolute atomic E-state index is 0.0788. The first-order chi connectivity index (χ1) is 8.29. The van der Waals surface area contributed by atoms with Crippen LogP contribution in [0.3, 0.4) is 0 Å². The van der Waals surface area contributed by atoms with E-state index in [9.17, 15) is 13.2 Å². The lowest BCUT2D eigenvalue weighted by atomic mass is 10.3. The molecule has 1 saturated heterocycles. The molecule has 1 heterocycles. The Morgan fingerprint density at radius 3 is 2.56 bits per heavy atom. The maximum absolute atomic E-state index is 11.8. The van der Waals surface area contributed by atoms with Gasteiger partial charge in [-0.15, -0.1) is 0 Å². The average Bonchev–Trinajstić information content (AvgIpc) is 2.60. The van der Waals surface area contributed by atoms with E-state index in [-0.39, 0.29) is 18.9 Å². The van der Waals surface area contributed by atoms with E-state index in [1.807, 2.05) is 0 Å². The highest BCUT2D eigenvalue weighted by Gasteiger charge is 2.38. The lowest BCUT2D eigenvalue weighted by Crippen LogP contribution is -2.27. The van der Waals surface area contributed by atoms with Crippen molar-refractivity contribution in [1.29, 1.82) is 0 Å². The molecule has 0 N–H and O–H groups in total. The summed E-state index contributed by atoms with van der Waals surface area (Å²) in [5, 5.41) is -0.283. The van der Waals surface area contributed by atoms with Gasteiger partial charge in [-0.1, -0.05) is 11.6 Å². The molecule has 1 aromatic rings. The first kappa shape index (κ1) is 14.4. The first-order valence-electron chi connectivity index (χ1n) is 4.98. The van der Waals surface area contributed by atoms with E-state index in [4.69, 9.17) is 22.3 Å². The van der Waals surface area contributed by atoms with Crippen LogP contribution in [0.15, 0.2) is 18.2 Å². The molecular weight excluding hydrogens is 412 g/mol. The number of carbonyl (C=O) groups is 1. The predicted octanol–water partition coefficient (Wildman–Crippen LogP) is 2.62. The zero-order valence-electron chi connectivity index (χ0n) is 8.94. The van der Waals surface area contributed by atoms with E-state index in [1.165, 1.54) is 4.90 Å². The van der Waals surface area contributed by atoms with Gasteiger partial charge in [-0.2, -0.15) is 0 Å². The number of anilines is 1.